The molecule has 0 spiro atoms. The number of hydrogen-bond donors (Lipinski definition) is 1. The fourth-order valence-electron chi connectivity index (χ4n) is 3.44. The molecule has 1 N–H and O–H groups in total. The second kappa shape index (κ2) is 7.62. The van der Waals surface area contributed by atoms with Gasteiger partial charge in [0.25, 0.3) is 5.91 Å². The van der Waals surface area contributed by atoms with Crippen molar-refractivity contribution in [2.75, 3.05) is 13.1 Å². The minimum atomic E-state index is 0.146. The van der Waals surface area contributed by atoms with Crippen LogP contribution in [-0.4, -0.2) is 39.7 Å². The van der Waals surface area contributed by atoms with Crippen molar-refractivity contribution in [3.63, 3.8) is 0 Å². The third-order valence-corrected chi connectivity index (χ3v) is 4.86. The second-order valence-electron chi connectivity index (χ2n) is 6.44. The summed E-state index contributed by atoms with van der Waals surface area (Å²) in [5, 5.41) is 8.02. The lowest BCUT2D eigenvalue weighted by molar-refractivity contribution is 0.0701. The van der Waals surface area contributed by atoms with Gasteiger partial charge in [0, 0.05) is 44.0 Å². The summed E-state index contributed by atoms with van der Waals surface area (Å²) in [6.07, 6.45) is 4.86. The molecular formula is C19H26N4O. The molecule has 128 valence electrons. The van der Waals surface area contributed by atoms with E-state index in [4.69, 9.17) is 0 Å². The van der Waals surface area contributed by atoms with Gasteiger partial charge in [-0.25, -0.2) is 0 Å². The average molecular weight is 326 g/mol. The molecule has 3 rings (SSSR count). The first-order chi connectivity index (χ1) is 11.7. The van der Waals surface area contributed by atoms with Crippen molar-refractivity contribution in [1.82, 2.24) is 20.0 Å². The molecule has 1 aromatic heterocycles. The Morgan fingerprint density at radius 2 is 1.96 bits per heavy atom. The molecular weight excluding hydrogens is 300 g/mol. The summed E-state index contributed by atoms with van der Waals surface area (Å²) < 4.78 is 1.94. The van der Waals surface area contributed by atoms with E-state index in [2.05, 4.69) is 23.4 Å². The minimum absolute atomic E-state index is 0.146. The normalized spacial score (nSPS) is 17.0. The van der Waals surface area contributed by atoms with Gasteiger partial charge < -0.3 is 10.2 Å². The molecule has 24 heavy (non-hydrogen) atoms. The lowest BCUT2D eigenvalue weighted by atomic mass is 10.0. The average Bonchev–Trinajstić information content (AvgIpc) is 3.06. The largest absolute Gasteiger partial charge is 0.339 e. The van der Waals surface area contributed by atoms with E-state index in [-0.39, 0.29) is 5.91 Å². The van der Waals surface area contributed by atoms with Crippen LogP contribution in [0.25, 0.3) is 0 Å². The van der Waals surface area contributed by atoms with E-state index < -0.39 is 0 Å². The van der Waals surface area contributed by atoms with Crippen LogP contribution in [0.2, 0.25) is 0 Å². The highest BCUT2D eigenvalue weighted by Crippen LogP contribution is 2.20. The third-order valence-electron chi connectivity index (χ3n) is 4.86. The zero-order chi connectivity index (χ0) is 16.9. The van der Waals surface area contributed by atoms with Crippen molar-refractivity contribution in [3.05, 3.63) is 53.9 Å². The third kappa shape index (κ3) is 3.67. The number of nitrogens with one attached hydrogen (secondary N) is 1. The number of piperidine rings is 1. The van der Waals surface area contributed by atoms with Crippen LogP contribution in [0.3, 0.4) is 0 Å². The summed E-state index contributed by atoms with van der Waals surface area (Å²) in [5.41, 5.74) is 2.01. The number of carbonyl (C=O) groups is 1. The molecule has 5 heteroatoms. The molecule has 1 amide bonds. The van der Waals surface area contributed by atoms with Gasteiger partial charge in [-0.2, -0.15) is 5.10 Å². The van der Waals surface area contributed by atoms with Crippen LogP contribution in [0.5, 0.6) is 0 Å². The van der Waals surface area contributed by atoms with E-state index in [1.807, 2.05) is 53.2 Å². The number of benzene rings is 1. The van der Waals surface area contributed by atoms with E-state index in [0.717, 1.165) is 37.9 Å². The van der Waals surface area contributed by atoms with Crippen LogP contribution in [0, 0.1) is 0 Å². The first kappa shape index (κ1) is 16.7. The molecule has 0 bridgehead atoms. The molecule has 1 aliphatic rings. The van der Waals surface area contributed by atoms with Crippen molar-refractivity contribution < 1.29 is 4.79 Å². The van der Waals surface area contributed by atoms with Gasteiger partial charge in [0.2, 0.25) is 0 Å². The smallest absolute Gasteiger partial charge is 0.253 e. The van der Waals surface area contributed by atoms with E-state index in [1.165, 1.54) is 5.69 Å². The molecule has 1 aliphatic heterocycles. The Hall–Kier alpha value is -2.14. The monoisotopic (exact) mass is 326 g/mol. The number of rotatable bonds is 5. The first-order valence-corrected chi connectivity index (χ1v) is 8.77. The summed E-state index contributed by atoms with van der Waals surface area (Å²) in [4.78, 5) is 14.5. The SMILES string of the molecule is CC[C@H](NC1CCN(C(=O)c2ccccc2)CC1)c1ccnn1C. The number of amides is 1. The Balaban J connectivity index is 1.55. The van der Waals surface area contributed by atoms with Gasteiger partial charge in [-0.1, -0.05) is 25.1 Å². The van der Waals surface area contributed by atoms with Crippen molar-refractivity contribution in [2.45, 2.75) is 38.3 Å². The Labute approximate surface area is 143 Å². The molecule has 2 heterocycles. The van der Waals surface area contributed by atoms with Crippen molar-refractivity contribution in [1.29, 1.82) is 0 Å². The number of hydrogen-bond acceptors (Lipinski definition) is 3. The summed E-state index contributed by atoms with van der Waals surface area (Å²) in [5.74, 6) is 0.146. The zero-order valence-electron chi connectivity index (χ0n) is 14.5. The summed E-state index contributed by atoms with van der Waals surface area (Å²) in [6, 6.07) is 12.4. The Morgan fingerprint density at radius 3 is 2.54 bits per heavy atom. The standard InChI is InChI=1S/C19H26N4O/c1-3-17(18-9-12-20-22(18)2)21-16-10-13-23(14-11-16)19(24)15-7-5-4-6-8-15/h4-9,12,16-17,21H,3,10-11,13-14H2,1-2H3/t17-/m0/s1. The van der Waals surface area contributed by atoms with Gasteiger partial charge in [-0.05, 0) is 37.5 Å². The quantitative estimate of drug-likeness (QED) is 0.919. The minimum Gasteiger partial charge on any atom is -0.339 e. The van der Waals surface area contributed by atoms with Crippen molar-refractivity contribution >= 4 is 5.91 Å². The molecule has 1 aromatic carbocycles. The molecule has 0 radical (unpaired) electrons. The highest BCUT2D eigenvalue weighted by Gasteiger charge is 2.25. The van der Waals surface area contributed by atoms with Gasteiger partial charge in [-0.15, -0.1) is 0 Å². The molecule has 0 saturated carbocycles. The molecule has 1 saturated heterocycles. The molecule has 0 unspecified atom stereocenters. The van der Waals surface area contributed by atoms with Gasteiger partial charge in [0.1, 0.15) is 0 Å². The molecule has 2 aromatic rings. The van der Waals surface area contributed by atoms with Crippen LogP contribution in [0.1, 0.15) is 48.3 Å². The number of carbonyl (C=O) groups excluding carboxylic acids is 1. The fraction of sp³-hybridized carbons (Fsp3) is 0.474. The topological polar surface area (TPSA) is 50.2 Å². The fourth-order valence-corrected chi connectivity index (χ4v) is 3.44. The zero-order valence-corrected chi connectivity index (χ0v) is 14.5. The van der Waals surface area contributed by atoms with Gasteiger partial charge in [0.15, 0.2) is 0 Å². The van der Waals surface area contributed by atoms with Gasteiger partial charge >= 0.3 is 0 Å². The van der Waals surface area contributed by atoms with E-state index in [9.17, 15) is 4.79 Å². The summed E-state index contributed by atoms with van der Waals surface area (Å²) >= 11 is 0. The second-order valence-corrected chi connectivity index (χ2v) is 6.44. The van der Waals surface area contributed by atoms with Crippen molar-refractivity contribution in [2.24, 2.45) is 7.05 Å². The number of aryl methyl sites for hydroxylation is 1. The van der Waals surface area contributed by atoms with Gasteiger partial charge in [0.05, 0.1) is 5.69 Å². The van der Waals surface area contributed by atoms with E-state index in [0.29, 0.717) is 12.1 Å². The maximum absolute atomic E-state index is 12.5. The summed E-state index contributed by atoms with van der Waals surface area (Å²) in [6.45, 7) is 3.82. The van der Waals surface area contributed by atoms with Crippen LogP contribution in [-0.2, 0) is 7.05 Å². The molecule has 1 atom stereocenters. The molecule has 1 fully saturated rings. The van der Waals surface area contributed by atoms with Crippen LogP contribution in [0.15, 0.2) is 42.6 Å². The van der Waals surface area contributed by atoms with Gasteiger partial charge in [-0.3, -0.25) is 9.48 Å². The lowest BCUT2D eigenvalue weighted by Crippen LogP contribution is -2.46. The lowest BCUT2D eigenvalue weighted by Gasteiger charge is -2.34. The first-order valence-electron chi connectivity index (χ1n) is 8.77. The molecule has 0 aliphatic carbocycles. The summed E-state index contributed by atoms with van der Waals surface area (Å²) in [7, 11) is 1.99. The maximum atomic E-state index is 12.5. The van der Waals surface area contributed by atoms with E-state index in [1.54, 1.807) is 0 Å². The molecule has 5 nitrogen and oxygen atoms in total. The van der Waals surface area contributed by atoms with Crippen molar-refractivity contribution in [3.8, 4) is 0 Å². The van der Waals surface area contributed by atoms with Crippen LogP contribution in [0.4, 0.5) is 0 Å². The predicted octanol–water partition coefficient (Wildman–Crippen LogP) is 2.77. The maximum Gasteiger partial charge on any atom is 0.253 e. The Bertz CT molecular complexity index is 659. The number of likely N-dealkylation sites (tertiary alicyclic amines) is 1. The highest BCUT2D eigenvalue weighted by molar-refractivity contribution is 5.94. The Morgan fingerprint density at radius 1 is 1.25 bits per heavy atom. The predicted molar refractivity (Wildman–Crippen MR) is 94.7 cm³/mol. The Kier molecular flexibility index (Phi) is 5.30. The van der Waals surface area contributed by atoms with Crippen LogP contribution < -0.4 is 5.32 Å². The highest BCUT2D eigenvalue weighted by atomic mass is 16.2. The number of nitrogens with zero attached hydrogens (tertiary/aromatic N) is 3. The number of aromatic nitrogens is 2. The van der Waals surface area contributed by atoms with E-state index >= 15 is 0 Å². The van der Waals surface area contributed by atoms with Crippen LogP contribution >= 0.6 is 0 Å².